The molecule has 1 atom stereocenters. The van der Waals surface area contributed by atoms with Crippen molar-refractivity contribution in [1.82, 2.24) is 0 Å². The van der Waals surface area contributed by atoms with Crippen LogP contribution >= 0.6 is 0 Å². The molecule has 0 radical (unpaired) electrons. The maximum Gasteiger partial charge on any atom is -0.0165 e. The van der Waals surface area contributed by atoms with Gasteiger partial charge in [0.1, 0.15) is 0 Å². The number of benzene rings is 1. The Kier molecular flexibility index (Phi) is 3.86. The first-order valence-corrected chi connectivity index (χ1v) is 4.93. The molecule has 0 N–H and O–H groups in total. The minimum Gasteiger partial charge on any atom is -0.0654 e. The zero-order chi connectivity index (χ0) is 8.81. The summed E-state index contributed by atoms with van der Waals surface area (Å²) < 4.78 is 0. The molecule has 0 aliphatic heterocycles. The van der Waals surface area contributed by atoms with E-state index in [1.54, 1.807) is 0 Å². The van der Waals surface area contributed by atoms with Crippen LogP contribution < -0.4 is 0 Å². The maximum absolute atomic E-state index is 2.27. The third-order valence-electron chi connectivity index (χ3n) is 2.40. The van der Waals surface area contributed by atoms with Crippen molar-refractivity contribution >= 4 is 0 Å². The minimum atomic E-state index is 0.774. The van der Waals surface area contributed by atoms with E-state index in [0.717, 1.165) is 5.92 Å². The van der Waals surface area contributed by atoms with Crippen molar-refractivity contribution in [3.63, 3.8) is 0 Å². The molecule has 0 saturated carbocycles. The second kappa shape index (κ2) is 4.97. The zero-order valence-electron chi connectivity index (χ0n) is 8.09. The van der Waals surface area contributed by atoms with Gasteiger partial charge in [-0.15, -0.1) is 0 Å². The first kappa shape index (κ1) is 9.31. The van der Waals surface area contributed by atoms with Gasteiger partial charge in [-0.25, -0.2) is 0 Å². The lowest BCUT2D eigenvalue weighted by Crippen LogP contribution is -1.95. The quantitative estimate of drug-likeness (QED) is 0.628. The van der Waals surface area contributed by atoms with Crippen LogP contribution in [0.3, 0.4) is 0 Å². The molecule has 1 aromatic carbocycles. The molecule has 0 heterocycles. The summed E-state index contributed by atoms with van der Waals surface area (Å²) >= 11 is 0. The molecule has 0 heteroatoms. The molecule has 0 unspecified atom stereocenters. The van der Waals surface area contributed by atoms with Crippen LogP contribution in [0.1, 0.15) is 44.6 Å². The highest BCUT2D eigenvalue weighted by molar-refractivity contribution is 5.19. The van der Waals surface area contributed by atoms with Gasteiger partial charge in [-0.2, -0.15) is 0 Å². The van der Waals surface area contributed by atoms with Crippen LogP contribution in [0.2, 0.25) is 0 Å². The summed E-state index contributed by atoms with van der Waals surface area (Å²) in [6.45, 7) is 4.53. The molecule has 0 nitrogen and oxygen atoms in total. The van der Waals surface area contributed by atoms with E-state index < -0.39 is 0 Å². The average molecular weight is 162 g/mol. The molecule has 0 spiro atoms. The van der Waals surface area contributed by atoms with Gasteiger partial charge < -0.3 is 0 Å². The fraction of sp³-hybridized carbons (Fsp3) is 0.500. The zero-order valence-corrected chi connectivity index (χ0v) is 8.09. The average Bonchev–Trinajstić information content (AvgIpc) is 2.15. The Hall–Kier alpha value is -0.780. The predicted octanol–water partition coefficient (Wildman–Crippen LogP) is 3.98. The van der Waals surface area contributed by atoms with E-state index in [4.69, 9.17) is 0 Å². The van der Waals surface area contributed by atoms with Crippen molar-refractivity contribution in [2.75, 3.05) is 0 Å². The molecule has 0 amide bonds. The fourth-order valence-electron chi connectivity index (χ4n) is 1.68. The van der Waals surface area contributed by atoms with Gasteiger partial charge in [-0.1, -0.05) is 50.6 Å². The summed E-state index contributed by atoms with van der Waals surface area (Å²) in [5.41, 5.74) is 1.50. The molecular formula is C12H18. The van der Waals surface area contributed by atoms with Crippen molar-refractivity contribution in [3.05, 3.63) is 35.9 Å². The molecule has 66 valence electrons. The highest BCUT2D eigenvalue weighted by Crippen LogP contribution is 2.23. The van der Waals surface area contributed by atoms with Crippen LogP contribution in [-0.4, -0.2) is 0 Å². The van der Waals surface area contributed by atoms with Crippen molar-refractivity contribution < 1.29 is 0 Å². The SMILES string of the molecule is CCC[C@@H](CC)c1ccccc1. The van der Waals surface area contributed by atoms with Crippen LogP contribution in [0.15, 0.2) is 30.3 Å². The van der Waals surface area contributed by atoms with Crippen molar-refractivity contribution in [3.8, 4) is 0 Å². The van der Waals surface area contributed by atoms with Crippen LogP contribution in [0, 0.1) is 0 Å². The van der Waals surface area contributed by atoms with Crippen molar-refractivity contribution in [1.29, 1.82) is 0 Å². The van der Waals surface area contributed by atoms with Gasteiger partial charge in [0.05, 0.1) is 0 Å². The molecule has 0 aromatic heterocycles. The van der Waals surface area contributed by atoms with Crippen LogP contribution in [-0.2, 0) is 0 Å². The fourth-order valence-corrected chi connectivity index (χ4v) is 1.68. The van der Waals surface area contributed by atoms with E-state index >= 15 is 0 Å². The molecule has 1 rings (SSSR count). The van der Waals surface area contributed by atoms with Gasteiger partial charge in [0.2, 0.25) is 0 Å². The highest BCUT2D eigenvalue weighted by Gasteiger charge is 2.05. The van der Waals surface area contributed by atoms with E-state index in [1.165, 1.54) is 24.8 Å². The molecule has 0 fully saturated rings. The lowest BCUT2D eigenvalue weighted by Gasteiger charge is -2.13. The molecule has 0 aliphatic carbocycles. The Morgan fingerprint density at radius 1 is 1.08 bits per heavy atom. The summed E-state index contributed by atoms with van der Waals surface area (Å²) in [6.07, 6.45) is 3.87. The number of rotatable bonds is 4. The second-order valence-corrected chi connectivity index (χ2v) is 3.30. The standard InChI is InChI=1S/C12H18/c1-3-8-11(4-2)12-9-6-5-7-10-12/h5-7,9-11H,3-4,8H2,1-2H3/t11-/m1/s1. The predicted molar refractivity (Wildman–Crippen MR) is 54.4 cm³/mol. The Balaban J connectivity index is 2.66. The normalized spacial score (nSPS) is 12.8. The van der Waals surface area contributed by atoms with Crippen LogP contribution in [0.5, 0.6) is 0 Å². The van der Waals surface area contributed by atoms with Crippen LogP contribution in [0.4, 0.5) is 0 Å². The lowest BCUT2D eigenvalue weighted by molar-refractivity contribution is 0.596. The molecule has 0 aliphatic rings. The minimum absolute atomic E-state index is 0.774. The van der Waals surface area contributed by atoms with Gasteiger partial charge in [-0.3, -0.25) is 0 Å². The maximum atomic E-state index is 2.27. The lowest BCUT2D eigenvalue weighted by atomic mass is 9.92. The summed E-state index contributed by atoms with van der Waals surface area (Å²) in [5, 5.41) is 0. The van der Waals surface area contributed by atoms with E-state index in [2.05, 4.69) is 44.2 Å². The second-order valence-electron chi connectivity index (χ2n) is 3.30. The first-order valence-electron chi connectivity index (χ1n) is 4.93. The highest BCUT2D eigenvalue weighted by atomic mass is 14.1. The summed E-state index contributed by atoms with van der Waals surface area (Å²) in [5.74, 6) is 0.774. The van der Waals surface area contributed by atoms with Crippen molar-refractivity contribution in [2.24, 2.45) is 0 Å². The Morgan fingerprint density at radius 3 is 2.25 bits per heavy atom. The monoisotopic (exact) mass is 162 g/mol. The molecule has 0 bridgehead atoms. The van der Waals surface area contributed by atoms with Gasteiger partial charge in [0.15, 0.2) is 0 Å². The van der Waals surface area contributed by atoms with E-state index in [0.29, 0.717) is 0 Å². The topological polar surface area (TPSA) is 0 Å². The Labute approximate surface area is 75.6 Å². The molecular weight excluding hydrogens is 144 g/mol. The van der Waals surface area contributed by atoms with E-state index in [-0.39, 0.29) is 0 Å². The van der Waals surface area contributed by atoms with Gasteiger partial charge in [-0.05, 0) is 24.3 Å². The van der Waals surface area contributed by atoms with Gasteiger partial charge in [0.25, 0.3) is 0 Å². The van der Waals surface area contributed by atoms with Gasteiger partial charge >= 0.3 is 0 Å². The van der Waals surface area contributed by atoms with E-state index in [1.807, 2.05) is 0 Å². The third-order valence-corrected chi connectivity index (χ3v) is 2.40. The largest absolute Gasteiger partial charge is 0.0654 e. The molecule has 0 saturated heterocycles. The summed E-state index contributed by atoms with van der Waals surface area (Å²) in [6, 6.07) is 10.8. The number of hydrogen-bond acceptors (Lipinski definition) is 0. The summed E-state index contributed by atoms with van der Waals surface area (Å²) in [7, 11) is 0. The third kappa shape index (κ3) is 2.37. The molecule has 12 heavy (non-hydrogen) atoms. The number of hydrogen-bond donors (Lipinski definition) is 0. The van der Waals surface area contributed by atoms with E-state index in [9.17, 15) is 0 Å². The Morgan fingerprint density at radius 2 is 1.75 bits per heavy atom. The van der Waals surface area contributed by atoms with Crippen molar-refractivity contribution in [2.45, 2.75) is 39.0 Å². The first-order chi connectivity index (χ1) is 5.88. The Bertz CT molecular complexity index is 201. The smallest absolute Gasteiger partial charge is 0.0165 e. The summed E-state index contributed by atoms with van der Waals surface area (Å²) in [4.78, 5) is 0. The molecule has 1 aromatic rings. The van der Waals surface area contributed by atoms with Crippen LogP contribution in [0.25, 0.3) is 0 Å². The van der Waals surface area contributed by atoms with Gasteiger partial charge in [0, 0.05) is 0 Å².